The van der Waals surface area contributed by atoms with E-state index in [2.05, 4.69) is 23.8 Å². The van der Waals surface area contributed by atoms with Crippen LogP contribution in [0, 0.1) is 0 Å². The summed E-state index contributed by atoms with van der Waals surface area (Å²) in [7, 11) is 0. The summed E-state index contributed by atoms with van der Waals surface area (Å²) in [5, 5.41) is 4.21. The van der Waals surface area contributed by atoms with Gasteiger partial charge in [0.1, 0.15) is 0 Å². The Morgan fingerprint density at radius 3 is 3.09 bits per heavy atom. The lowest BCUT2D eigenvalue weighted by Crippen LogP contribution is -1.92. The van der Waals surface area contributed by atoms with Gasteiger partial charge in [0.15, 0.2) is 0 Å². The van der Waals surface area contributed by atoms with E-state index in [-0.39, 0.29) is 0 Å². The van der Waals surface area contributed by atoms with Crippen molar-refractivity contribution in [2.45, 2.75) is 26.4 Å². The Morgan fingerprint density at radius 2 is 2.45 bits per heavy atom. The average molecular weight is 170 g/mol. The second kappa shape index (κ2) is 5.33. The lowest BCUT2D eigenvalue weighted by atomic mass is 10.3. The molecule has 0 aliphatic heterocycles. The normalized spacial score (nSPS) is 10.3. The van der Waals surface area contributed by atoms with Gasteiger partial charge in [0.25, 0.3) is 0 Å². The zero-order chi connectivity index (χ0) is 7.94. The summed E-state index contributed by atoms with van der Waals surface area (Å²) in [5.41, 5.74) is 1.30. The highest BCUT2D eigenvalue weighted by Gasteiger charge is 1.91. The highest BCUT2D eigenvalue weighted by atomic mass is 32.1. The standard InChI is InChI=1S/C9H14OS/c1-2-3-5-10-7-9-4-6-11-8-9/h4,6,8H,2-3,5,7H2,1H3. The van der Waals surface area contributed by atoms with Crippen molar-refractivity contribution >= 4 is 11.3 Å². The minimum Gasteiger partial charge on any atom is -0.377 e. The van der Waals surface area contributed by atoms with E-state index in [1.54, 1.807) is 11.3 Å². The first kappa shape index (κ1) is 8.75. The molecule has 1 aromatic rings. The Balaban J connectivity index is 2.04. The molecule has 1 nitrogen and oxygen atoms in total. The van der Waals surface area contributed by atoms with E-state index in [4.69, 9.17) is 4.74 Å². The Bertz CT molecular complexity index is 170. The van der Waals surface area contributed by atoms with Crippen LogP contribution in [0.5, 0.6) is 0 Å². The van der Waals surface area contributed by atoms with Crippen LogP contribution in [-0.2, 0) is 11.3 Å². The van der Waals surface area contributed by atoms with Crippen molar-refractivity contribution in [1.82, 2.24) is 0 Å². The maximum atomic E-state index is 5.43. The maximum absolute atomic E-state index is 5.43. The summed E-state index contributed by atoms with van der Waals surface area (Å²) >= 11 is 1.72. The molecule has 1 aromatic heterocycles. The summed E-state index contributed by atoms with van der Waals surface area (Å²) in [4.78, 5) is 0. The lowest BCUT2D eigenvalue weighted by molar-refractivity contribution is 0.118. The molecular weight excluding hydrogens is 156 g/mol. The molecule has 0 amide bonds. The van der Waals surface area contributed by atoms with Crippen molar-refractivity contribution < 1.29 is 4.74 Å². The van der Waals surface area contributed by atoms with Gasteiger partial charge in [-0.15, -0.1) is 0 Å². The fourth-order valence-corrected chi connectivity index (χ4v) is 1.46. The predicted molar refractivity (Wildman–Crippen MR) is 48.9 cm³/mol. The van der Waals surface area contributed by atoms with E-state index >= 15 is 0 Å². The summed E-state index contributed by atoms with van der Waals surface area (Å²) in [6.45, 7) is 3.85. The first-order valence-corrected chi connectivity index (χ1v) is 4.96. The fraction of sp³-hybridized carbons (Fsp3) is 0.556. The maximum Gasteiger partial charge on any atom is 0.0724 e. The summed E-state index contributed by atoms with van der Waals surface area (Å²) in [6, 6.07) is 2.11. The number of ether oxygens (including phenoxy) is 1. The Hall–Kier alpha value is -0.340. The molecule has 0 fully saturated rings. The molecule has 0 saturated carbocycles. The van der Waals surface area contributed by atoms with Crippen molar-refractivity contribution in [2.75, 3.05) is 6.61 Å². The number of rotatable bonds is 5. The third-order valence-electron chi connectivity index (χ3n) is 1.49. The minimum absolute atomic E-state index is 0.781. The van der Waals surface area contributed by atoms with Gasteiger partial charge in [-0.3, -0.25) is 0 Å². The molecule has 0 aliphatic rings. The molecule has 0 spiro atoms. The molecule has 1 rings (SSSR count). The van der Waals surface area contributed by atoms with Crippen LogP contribution in [0.1, 0.15) is 25.3 Å². The van der Waals surface area contributed by atoms with Gasteiger partial charge in [0, 0.05) is 6.61 Å². The van der Waals surface area contributed by atoms with Crippen LogP contribution >= 0.6 is 11.3 Å². The number of hydrogen-bond acceptors (Lipinski definition) is 2. The van der Waals surface area contributed by atoms with Crippen LogP contribution in [0.4, 0.5) is 0 Å². The monoisotopic (exact) mass is 170 g/mol. The van der Waals surface area contributed by atoms with Gasteiger partial charge in [-0.25, -0.2) is 0 Å². The molecule has 0 aliphatic carbocycles. The van der Waals surface area contributed by atoms with E-state index in [1.165, 1.54) is 18.4 Å². The topological polar surface area (TPSA) is 9.23 Å². The van der Waals surface area contributed by atoms with Crippen molar-refractivity contribution in [3.8, 4) is 0 Å². The molecular formula is C9H14OS. The molecule has 62 valence electrons. The van der Waals surface area contributed by atoms with Crippen molar-refractivity contribution in [3.05, 3.63) is 22.4 Å². The molecule has 2 heteroatoms. The molecule has 0 atom stereocenters. The predicted octanol–water partition coefficient (Wildman–Crippen LogP) is 3.06. The zero-order valence-electron chi connectivity index (χ0n) is 6.88. The van der Waals surface area contributed by atoms with Gasteiger partial charge in [-0.2, -0.15) is 11.3 Å². The van der Waals surface area contributed by atoms with Crippen LogP contribution < -0.4 is 0 Å². The van der Waals surface area contributed by atoms with E-state index in [1.807, 2.05) is 0 Å². The van der Waals surface area contributed by atoms with Crippen LogP contribution in [0.25, 0.3) is 0 Å². The second-order valence-corrected chi connectivity index (χ2v) is 3.32. The SMILES string of the molecule is CCCCOCc1ccsc1. The number of hydrogen-bond donors (Lipinski definition) is 0. The highest BCUT2D eigenvalue weighted by Crippen LogP contribution is 2.07. The van der Waals surface area contributed by atoms with Gasteiger partial charge in [-0.1, -0.05) is 13.3 Å². The highest BCUT2D eigenvalue weighted by molar-refractivity contribution is 7.07. The Labute approximate surface area is 72.0 Å². The molecule has 0 saturated heterocycles. The van der Waals surface area contributed by atoms with E-state index in [9.17, 15) is 0 Å². The van der Waals surface area contributed by atoms with Crippen molar-refractivity contribution in [2.24, 2.45) is 0 Å². The molecule has 0 unspecified atom stereocenters. The first-order chi connectivity index (χ1) is 5.43. The quantitative estimate of drug-likeness (QED) is 0.617. The lowest BCUT2D eigenvalue weighted by Gasteiger charge is -1.99. The van der Waals surface area contributed by atoms with Crippen LogP contribution in [0.3, 0.4) is 0 Å². The van der Waals surface area contributed by atoms with E-state index in [0.29, 0.717) is 0 Å². The second-order valence-electron chi connectivity index (χ2n) is 2.54. The van der Waals surface area contributed by atoms with Crippen LogP contribution in [0.2, 0.25) is 0 Å². The fourth-order valence-electron chi connectivity index (χ4n) is 0.811. The molecule has 1 heterocycles. The summed E-state index contributed by atoms with van der Waals surface area (Å²) in [6.07, 6.45) is 2.38. The van der Waals surface area contributed by atoms with E-state index < -0.39 is 0 Å². The van der Waals surface area contributed by atoms with Gasteiger partial charge in [0.05, 0.1) is 6.61 Å². The van der Waals surface area contributed by atoms with Gasteiger partial charge in [0.2, 0.25) is 0 Å². The van der Waals surface area contributed by atoms with Gasteiger partial charge < -0.3 is 4.74 Å². The van der Waals surface area contributed by atoms with Gasteiger partial charge in [-0.05, 0) is 28.8 Å². The minimum atomic E-state index is 0.781. The third-order valence-corrected chi connectivity index (χ3v) is 2.22. The first-order valence-electron chi connectivity index (χ1n) is 4.02. The Kier molecular flexibility index (Phi) is 4.24. The molecule has 0 bridgehead atoms. The Morgan fingerprint density at radius 1 is 1.55 bits per heavy atom. The average Bonchev–Trinajstić information content (AvgIpc) is 2.50. The van der Waals surface area contributed by atoms with Crippen LogP contribution in [-0.4, -0.2) is 6.61 Å². The van der Waals surface area contributed by atoms with Crippen LogP contribution in [0.15, 0.2) is 16.8 Å². The van der Waals surface area contributed by atoms with Crippen molar-refractivity contribution in [1.29, 1.82) is 0 Å². The molecule has 0 radical (unpaired) electrons. The molecule has 0 aromatic carbocycles. The molecule has 11 heavy (non-hydrogen) atoms. The number of thiophene rings is 1. The zero-order valence-corrected chi connectivity index (χ0v) is 7.69. The van der Waals surface area contributed by atoms with Crippen molar-refractivity contribution in [3.63, 3.8) is 0 Å². The third kappa shape index (κ3) is 3.54. The number of unbranched alkanes of at least 4 members (excludes halogenated alkanes) is 1. The smallest absolute Gasteiger partial charge is 0.0724 e. The van der Waals surface area contributed by atoms with Gasteiger partial charge >= 0.3 is 0 Å². The van der Waals surface area contributed by atoms with E-state index in [0.717, 1.165) is 13.2 Å². The molecule has 0 N–H and O–H groups in total. The summed E-state index contributed by atoms with van der Waals surface area (Å²) in [5.74, 6) is 0. The largest absolute Gasteiger partial charge is 0.377 e. The summed E-state index contributed by atoms with van der Waals surface area (Å²) < 4.78 is 5.43.